The monoisotopic (exact) mass is 403 g/mol. The van der Waals surface area contributed by atoms with Gasteiger partial charge in [-0.25, -0.2) is 9.59 Å². The first-order valence-corrected chi connectivity index (χ1v) is 8.73. The molecule has 1 aliphatic heterocycles. The maximum absolute atomic E-state index is 12.5. The number of allylic oxidation sites excluding steroid dienone is 2. The molecule has 0 saturated heterocycles. The Hall–Kier alpha value is -1.69. The van der Waals surface area contributed by atoms with E-state index in [1.165, 1.54) is 6.07 Å². The third-order valence-electron chi connectivity index (χ3n) is 3.78. The normalized spacial score (nSPS) is 17.4. The summed E-state index contributed by atoms with van der Waals surface area (Å²) < 4.78 is 5.11. The number of aliphatic carboxylic acids is 1. The average Bonchev–Trinajstić information content (AvgIpc) is 2.53. The molecule has 1 atom stereocenters. The molecule has 25 heavy (non-hydrogen) atoms. The van der Waals surface area contributed by atoms with E-state index < -0.39 is 17.9 Å². The highest BCUT2D eigenvalue weighted by Crippen LogP contribution is 2.42. The van der Waals surface area contributed by atoms with Gasteiger partial charge in [0.15, 0.2) is 0 Å². The number of carboxylic acids is 1. The molecule has 134 valence electrons. The number of carbonyl (C=O) groups excluding carboxylic acids is 1. The van der Waals surface area contributed by atoms with Gasteiger partial charge < -0.3 is 15.2 Å². The summed E-state index contributed by atoms with van der Waals surface area (Å²) in [5.74, 6) is -2.75. The number of ether oxygens (including phenoxy) is 1. The van der Waals surface area contributed by atoms with E-state index in [2.05, 4.69) is 5.32 Å². The van der Waals surface area contributed by atoms with Crippen LogP contribution in [0, 0.1) is 0 Å². The Labute approximate surface area is 160 Å². The predicted molar refractivity (Wildman–Crippen MR) is 97.1 cm³/mol. The van der Waals surface area contributed by atoms with E-state index in [0.717, 1.165) is 0 Å². The summed E-state index contributed by atoms with van der Waals surface area (Å²) in [4.78, 5) is 24.4. The lowest BCUT2D eigenvalue weighted by Gasteiger charge is -2.30. The summed E-state index contributed by atoms with van der Waals surface area (Å²) in [7, 11) is 0. The standard InChI is InChI=1S/C17H16Cl3NO4/c1-3-25-17(24)15-12(7-18)21-8(2)13(16(22)23)14(15)10-5-4-9(19)6-11(10)20/h4-6,14,21H,3,7H2,1-2H3,(H,22,23). The Bertz CT molecular complexity index is 786. The minimum atomic E-state index is -1.17. The number of rotatable bonds is 5. The number of carbonyl (C=O) groups is 2. The molecule has 0 spiro atoms. The molecule has 0 radical (unpaired) electrons. The second-order valence-electron chi connectivity index (χ2n) is 5.31. The van der Waals surface area contributed by atoms with Crippen LogP contribution in [0.1, 0.15) is 25.3 Å². The van der Waals surface area contributed by atoms with Crippen LogP contribution in [0.15, 0.2) is 40.7 Å². The highest BCUT2D eigenvalue weighted by molar-refractivity contribution is 6.35. The second-order valence-corrected chi connectivity index (χ2v) is 6.42. The summed E-state index contributed by atoms with van der Waals surface area (Å²) in [5, 5.41) is 13.2. The zero-order valence-corrected chi connectivity index (χ0v) is 15.8. The quantitative estimate of drug-likeness (QED) is 0.571. The lowest BCUT2D eigenvalue weighted by molar-refractivity contribution is -0.138. The Balaban J connectivity index is 2.75. The van der Waals surface area contributed by atoms with Gasteiger partial charge in [0, 0.05) is 21.4 Å². The summed E-state index contributed by atoms with van der Waals surface area (Å²) in [6.45, 7) is 3.41. The van der Waals surface area contributed by atoms with Gasteiger partial charge in [-0.1, -0.05) is 29.3 Å². The smallest absolute Gasteiger partial charge is 0.336 e. The number of dihydropyridines is 1. The molecule has 2 rings (SSSR count). The van der Waals surface area contributed by atoms with Crippen LogP contribution in [0.5, 0.6) is 0 Å². The van der Waals surface area contributed by atoms with Gasteiger partial charge in [-0.2, -0.15) is 0 Å². The number of hydrogen-bond acceptors (Lipinski definition) is 4. The van der Waals surface area contributed by atoms with Crippen LogP contribution in [0.2, 0.25) is 10.0 Å². The van der Waals surface area contributed by atoms with Gasteiger partial charge in [0.1, 0.15) is 0 Å². The Morgan fingerprint density at radius 3 is 2.48 bits per heavy atom. The molecule has 0 aliphatic carbocycles. The van der Waals surface area contributed by atoms with E-state index in [0.29, 0.717) is 22.0 Å². The first-order chi connectivity index (χ1) is 11.8. The van der Waals surface area contributed by atoms with Crippen LogP contribution in [0.4, 0.5) is 0 Å². The minimum Gasteiger partial charge on any atom is -0.478 e. The maximum Gasteiger partial charge on any atom is 0.336 e. The zero-order chi connectivity index (χ0) is 18.7. The van der Waals surface area contributed by atoms with Gasteiger partial charge in [0.2, 0.25) is 0 Å². The van der Waals surface area contributed by atoms with Crippen molar-refractivity contribution in [3.05, 3.63) is 56.3 Å². The number of esters is 1. The van der Waals surface area contributed by atoms with E-state index in [1.807, 2.05) is 0 Å². The number of benzene rings is 1. The minimum absolute atomic E-state index is 0.00106. The van der Waals surface area contributed by atoms with E-state index in [9.17, 15) is 14.7 Å². The molecule has 0 fully saturated rings. The molecule has 1 aliphatic rings. The molecule has 0 amide bonds. The lowest BCUT2D eigenvalue weighted by atomic mass is 9.80. The highest BCUT2D eigenvalue weighted by Gasteiger charge is 2.38. The van der Waals surface area contributed by atoms with Gasteiger partial charge in [0.05, 0.1) is 29.6 Å². The Morgan fingerprint density at radius 1 is 1.28 bits per heavy atom. The number of nitrogens with one attached hydrogen (secondary N) is 1. The van der Waals surface area contributed by atoms with Crippen molar-refractivity contribution in [2.75, 3.05) is 12.5 Å². The molecule has 2 N–H and O–H groups in total. The Kier molecular flexibility index (Phi) is 6.38. The summed E-state index contributed by atoms with van der Waals surface area (Å²) in [6.07, 6.45) is 0. The van der Waals surface area contributed by atoms with E-state index in [-0.39, 0.29) is 28.7 Å². The van der Waals surface area contributed by atoms with Crippen LogP contribution in [0.3, 0.4) is 0 Å². The lowest BCUT2D eigenvalue weighted by Crippen LogP contribution is -2.33. The molecule has 0 aromatic heterocycles. The second kappa shape index (κ2) is 8.13. The third kappa shape index (κ3) is 3.94. The van der Waals surface area contributed by atoms with Gasteiger partial charge in [-0.05, 0) is 31.5 Å². The fourth-order valence-electron chi connectivity index (χ4n) is 2.78. The van der Waals surface area contributed by atoms with Crippen molar-refractivity contribution in [3.63, 3.8) is 0 Å². The van der Waals surface area contributed by atoms with Crippen molar-refractivity contribution >= 4 is 46.7 Å². The van der Waals surface area contributed by atoms with Crippen molar-refractivity contribution in [2.45, 2.75) is 19.8 Å². The molecule has 1 heterocycles. The van der Waals surface area contributed by atoms with Crippen molar-refractivity contribution in [1.29, 1.82) is 0 Å². The SMILES string of the molecule is CCOC(=O)C1=C(CCl)NC(C)=C(C(=O)O)C1c1ccc(Cl)cc1Cl. The fraction of sp³-hybridized carbons (Fsp3) is 0.294. The first kappa shape index (κ1) is 19.6. The molecular weight excluding hydrogens is 389 g/mol. The molecule has 0 bridgehead atoms. The van der Waals surface area contributed by atoms with Gasteiger partial charge >= 0.3 is 11.9 Å². The van der Waals surface area contributed by atoms with Crippen molar-refractivity contribution in [3.8, 4) is 0 Å². The molecule has 1 unspecified atom stereocenters. The third-order valence-corrected chi connectivity index (χ3v) is 4.61. The highest BCUT2D eigenvalue weighted by atomic mass is 35.5. The summed E-state index contributed by atoms with van der Waals surface area (Å²) >= 11 is 18.2. The largest absolute Gasteiger partial charge is 0.478 e. The van der Waals surface area contributed by atoms with Crippen molar-refractivity contribution in [2.24, 2.45) is 0 Å². The number of halogens is 3. The van der Waals surface area contributed by atoms with Crippen molar-refractivity contribution in [1.82, 2.24) is 5.32 Å². The molecule has 5 nitrogen and oxygen atoms in total. The number of alkyl halides is 1. The van der Waals surface area contributed by atoms with Crippen LogP contribution >= 0.6 is 34.8 Å². The van der Waals surface area contributed by atoms with Crippen molar-refractivity contribution < 1.29 is 19.4 Å². The zero-order valence-electron chi connectivity index (χ0n) is 13.5. The van der Waals surface area contributed by atoms with Crippen LogP contribution in [-0.2, 0) is 14.3 Å². The maximum atomic E-state index is 12.5. The summed E-state index contributed by atoms with van der Waals surface area (Å²) in [5.41, 5.74) is 1.34. The van der Waals surface area contributed by atoms with Gasteiger partial charge in [-0.15, -0.1) is 11.6 Å². The van der Waals surface area contributed by atoms with Crippen LogP contribution < -0.4 is 5.32 Å². The number of hydrogen-bond donors (Lipinski definition) is 2. The topological polar surface area (TPSA) is 75.6 Å². The average molecular weight is 405 g/mol. The fourth-order valence-corrected chi connectivity index (χ4v) is 3.51. The van der Waals surface area contributed by atoms with Gasteiger partial charge in [-0.3, -0.25) is 0 Å². The van der Waals surface area contributed by atoms with E-state index in [4.69, 9.17) is 39.5 Å². The predicted octanol–water partition coefficient (Wildman–Crippen LogP) is 4.09. The molecule has 0 saturated carbocycles. The van der Waals surface area contributed by atoms with Crippen LogP contribution in [0.25, 0.3) is 0 Å². The molecule has 1 aromatic rings. The number of carboxylic acid groups (broad SMARTS) is 1. The van der Waals surface area contributed by atoms with E-state index in [1.54, 1.807) is 26.0 Å². The van der Waals surface area contributed by atoms with E-state index >= 15 is 0 Å². The van der Waals surface area contributed by atoms with Crippen LogP contribution in [-0.4, -0.2) is 29.5 Å². The molecule has 1 aromatic carbocycles. The molecule has 8 heteroatoms. The van der Waals surface area contributed by atoms with Gasteiger partial charge in [0.25, 0.3) is 0 Å². The Morgan fingerprint density at radius 2 is 1.96 bits per heavy atom. The summed E-state index contributed by atoms with van der Waals surface area (Å²) in [6, 6.07) is 4.68. The molecular formula is C17H16Cl3NO4. The first-order valence-electron chi connectivity index (χ1n) is 7.43.